The Morgan fingerprint density at radius 3 is 2.44 bits per heavy atom. The topological polar surface area (TPSA) is 116 Å². The van der Waals surface area contributed by atoms with Crippen molar-refractivity contribution in [2.45, 2.75) is 37.6 Å². The maximum atomic E-state index is 13.1. The highest BCUT2D eigenvalue weighted by molar-refractivity contribution is 5.92. The lowest BCUT2D eigenvalue weighted by molar-refractivity contribution is -0.139. The number of allylic oxidation sites excluding steroid dienone is 2. The van der Waals surface area contributed by atoms with Gasteiger partial charge in [0.2, 0.25) is 5.91 Å². The molecule has 0 aliphatic heterocycles. The van der Waals surface area contributed by atoms with Gasteiger partial charge in [-0.1, -0.05) is 30.4 Å². The van der Waals surface area contributed by atoms with Gasteiger partial charge in [-0.05, 0) is 72.7 Å². The normalized spacial score (nSPS) is 18.8. The molecule has 1 unspecified atom stereocenters. The zero-order valence-electron chi connectivity index (χ0n) is 17.7. The molecule has 0 heterocycles. The van der Waals surface area contributed by atoms with Crippen LogP contribution in [-0.4, -0.2) is 39.8 Å². The second-order valence-electron chi connectivity index (χ2n) is 8.30. The molecule has 1 atom stereocenters. The fourth-order valence-corrected chi connectivity index (χ4v) is 4.05. The van der Waals surface area contributed by atoms with E-state index in [1.165, 1.54) is 12.1 Å². The Labute approximate surface area is 185 Å². The van der Waals surface area contributed by atoms with Crippen LogP contribution >= 0.6 is 0 Å². The fourth-order valence-electron chi connectivity index (χ4n) is 4.05. The maximum Gasteiger partial charge on any atom is 0.341 e. The van der Waals surface area contributed by atoms with Gasteiger partial charge in [0.25, 0.3) is 0 Å². The van der Waals surface area contributed by atoms with Crippen LogP contribution in [0.2, 0.25) is 0 Å². The lowest BCUT2D eigenvalue weighted by Crippen LogP contribution is -2.41. The number of rotatable bonds is 7. The van der Waals surface area contributed by atoms with Crippen molar-refractivity contribution in [3.8, 4) is 17.2 Å². The Kier molecular flexibility index (Phi) is 5.65. The second kappa shape index (κ2) is 8.42. The molecule has 2 aliphatic carbocycles. The minimum Gasteiger partial charge on any atom is -0.504 e. The third-order valence-electron chi connectivity index (χ3n) is 6.07. The monoisotopic (exact) mass is 435 g/mol. The number of aromatic hydroxyl groups is 2. The zero-order chi connectivity index (χ0) is 22.9. The van der Waals surface area contributed by atoms with Crippen molar-refractivity contribution in [2.24, 2.45) is 0 Å². The highest BCUT2D eigenvalue weighted by Crippen LogP contribution is 2.50. The number of amides is 1. The van der Waals surface area contributed by atoms with E-state index < -0.39 is 18.0 Å². The van der Waals surface area contributed by atoms with E-state index in [1.807, 2.05) is 31.2 Å². The van der Waals surface area contributed by atoms with Crippen LogP contribution in [0, 0.1) is 0 Å². The summed E-state index contributed by atoms with van der Waals surface area (Å²) in [5.74, 6) is -1.06. The van der Waals surface area contributed by atoms with E-state index in [-0.39, 0.29) is 23.4 Å². The Balaban J connectivity index is 1.44. The first-order valence-electron chi connectivity index (χ1n) is 10.4. The van der Waals surface area contributed by atoms with Crippen LogP contribution in [-0.2, 0) is 15.0 Å². The number of carboxylic acid groups (broad SMARTS) is 1. The molecule has 0 radical (unpaired) electrons. The molecular weight excluding hydrogens is 410 g/mol. The van der Waals surface area contributed by atoms with Crippen molar-refractivity contribution in [3.05, 3.63) is 71.3 Å². The van der Waals surface area contributed by atoms with Gasteiger partial charge < -0.3 is 25.4 Å². The van der Waals surface area contributed by atoms with E-state index in [0.29, 0.717) is 30.6 Å². The van der Waals surface area contributed by atoms with Gasteiger partial charge in [0.05, 0.1) is 11.5 Å². The molecule has 2 aromatic carbocycles. The molecular formula is C25H25NO6. The zero-order valence-corrected chi connectivity index (χ0v) is 17.7. The van der Waals surface area contributed by atoms with Gasteiger partial charge in [-0.3, -0.25) is 4.79 Å². The minimum atomic E-state index is -1.03. The summed E-state index contributed by atoms with van der Waals surface area (Å²) in [6, 6.07) is 11.6. The van der Waals surface area contributed by atoms with E-state index in [0.717, 1.165) is 16.7 Å². The van der Waals surface area contributed by atoms with Crippen molar-refractivity contribution < 1.29 is 29.6 Å². The quantitative estimate of drug-likeness (QED) is 0.495. The summed E-state index contributed by atoms with van der Waals surface area (Å²) in [6.07, 6.45) is 5.98. The van der Waals surface area contributed by atoms with Crippen LogP contribution in [0.3, 0.4) is 0 Å². The van der Waals surface area contributed by atoms with Gasteiger partial charge >= 0.3 is 5.97 Å². The molecule has 32 heavy (non-hydrogen) atoms. The predicted octanol–water partition coefficient (Wildman–Crippen LogP) is 3.51. The van der Waals surface area contributed by atoms with Gasteiger partial charge in [-0.25, -0.2) is 4.79 Å². The third kappa shape index (κ3) is 4.32. The van der Waals surface area contributed by atoms with E-state index in [4.69, 9.17) is 9.84 Å². The summed E-state index contributed by atoms with van der Waals surface area (Å²) >= 11 is 0. The number of aliphatic carboxylic acids is 1. The molecule has 0 spiro atoms. The van der Waals surface area contributed by atoms with Gasteiger partial charge in [0.1, 0.15) is 5.75 Å². The maximum absolute atomic E-state index is 13.1. The molecule has 7 nitrogen and oxygen atoms in total. The number of hydrogen-bond donors (Lipinski definition) is 4. The molecule has 0 aromatic heterocycles. The predicted molar refractivity (Wildman–Crippen MR) is 119 cm³/mol. The molecule has 2 aliphatic rings. The lowest BCUT2D eigenvalue weighted by Gasteiger charge is -2.25. The van der Waals surface area contributed by atoms with E-state index in [2.05, 4.69) is 5.32 Å². The van der Waals surface area contributed by atoms with E-state index in [1.54, 1.807) is 18.2 Å². The third-order valence-corrected chi connectivity index (χ3v) is 6.07. The average Bonchev–Trinajstić information content (AvgIpc) is 3.58. The number of carbonyl (C=O) groups is 2. The summed E-state index contributed by atoms with van der Waals surface area (Å²) in [6.45, 7) is 1.62. The number of phenolic OH excluding ortho intramolecular Hbond substituents is 2. The SMILES string of the molecule is CC1=C(c2ccc(OCC(=O)O)cc2)CC(NC(=O)C2(c3ccc(O)c(O)c3)CC2)C=C1. The fraction of sp³-hybridized carbons (Fsp3) is 0.280. The molecule has 1 amide bonds. The molecule has 166 valence electrons. The number of carbonyl (C=O) groups excluding carboxylic acids is 1. The number of nitrogens with one attached hydrogen (secondary N) is 1. The van der Waals surface area contributed by atoms with Crippen LogP contribution in [0.25, 0.3) is 5.57 Å². The van der Waals surface area contributed by atoms with Crippen molar-refractivity contribution in [3.63, 3.8) is 0 Å². The van der Waals surface area contributed by atoms with E-state index >= 15 is 0 Å². The van der Waals surface area contributed by atoms with Crippen molar-refractivity contribution in [1.82, 2.24) is 5.32 Å². The van der Waals surface area contributed by atoms with Gasteiger partial charge in [-0.15, -0.1) is 0 Å². The molecule has 4 N–H and O–H groups in total. The molecule has 1 saturated carbocycles. The van der Waals surface area contributed by atoms with Crippen LogP contribution in [0.1, 0.15) is 37.3 Å². The van der Waals surface area contributed by atoms with Crippen LogP contribution in [0.15, 0.2) is 60.2 Å². The summed E-state index contributed by atoms with van der Waals surface area (Å²) < 4.78 is 5.19. The number of benzene rings is 2. The molecule has 1 fully saturated rings. The van der Waals surface area contributed by atoms with Gasteiger partial charge in [0.15, 0.2) is 18.1 Å². The summed E-state index contributed by atoms with van der Waals surface area (Å²) in [5, 5.41) is 31.2. The second-order valence-corrected chi connectivity index (χ2v) is 8.30. The smallest absolute Gasteiger partial charge is 0.341 e. The number of carboxylic acids is 1. The largest absolute Gasteiger partial charge is 0.504 e. The number of phenols is 2. The average molecular weight is 435 g/mol. The van der Waals surface area contributed by atoms with Crippen LogP contribution in [0.4, 0.5) is 0 Å². The summed E-state index contributed by atoms with van der Waals surface area (Å²) in [4.78, 5) is 23.8. The summed E-state index contributed by atoms with van der Waals surface area (Å²) in [5.41, 5.74) is 3.21. The molecule has 0 saturated heterocycles. The Bertz CT molecular complexity index is 1110. The van der Waals surface area contributed by atoms with Crippen molar-refractivity contribution in [2.75, 3.05) is 6.61 Å². The summed E-state index contributed by atoms with van der Waals surface area (Å²) in [7, 11) is 0. The first-order valence-corrected chi connectivity index (χ1v) is 10.4. The highest BCUT2D eigenvalue weighted by Gasteiger charge is 2.51. The Morgan fingerprint density at radius 1 is 1.09 bits per heavy atom. The van der Waals surface area contributed by atoms with Gasteiger partial charge in [0, 0.05) is 0 Å². The van der Waals surface area contributed by atoms with Crippen molar-refractivity contribution in [1.29, 1.82) is 0 Å². The molecule has 7 heteroatoms. The van der Waals surface area contributed by atoms with Crippen molar-refractivity contribution >= 4 is 17.4 Å². The molecule has 0 bridgehead atoms. The number of ether oxygens (including phenoxy) is 1. The van der Waals surface area contributed by atoms with E-state index in [9.17, 15) is 19.8 Å². The standard InChI is InChI=1S/C25H25NO6/c1-15-2-6-18(13-20(15)16-3-7-19(8-4-16)32-14-23(29)30)26-24(31)25(10-11-25)17-5-9-21(27)22(28)12-17/h2-9,12,18,27-28H,10-11,13-14H2,1H3,(H,26,31)(H,29,30). The molecule has 4 rings (SSSR count). The molecule has 2 aromatic rings. The minimum absolute atomic E-state index is 0.0893. The number of hydrogen-bond acceptors (Lipinski definition) is 5. The first kappa shape index (κ1) is 21.5. The highest BCUT2D eigenvalue weighted by atomic mass is 16.5. The van der Waals surface area contributed by atoms with Gasteiger partial charge in [-0.2, -0.15) is 0 Å². The Morgan fingerprint density at radius 2 is 1.81 bits per heavy atom. The van der Waals surface area contributed by atoms with Crippen LogP contribution < -0.4 is 10.1 Å². The lowest BCUT2D eigenvalue weighted by atomic mass is 9.88. The first-order chi connectivity index (χ1) is 15.3. The Hall–Kier alpha value is -3.74. The van der Waals surface area contributed by atoms with Crippen LogP contribution in [0.5, 0.6) is 17.2 Å².